The molecular formula is C16H26N2O2. The molecule has 0 aliphatic heterocycles. The normalized spacial score (nSPS) is 22.9. The highest BCUT2D eigenvalue weighted by molar-refractivity contribution is 5.32. The fourth-order valence-corrected chi connectivity index (χ4v) is 2.54. The first-order valence-electron chi connectivity index (χ1n) is 7.37. The summed E-state index contributed by atoms with van der Waals surface area (Å²) < 4.78 is 5.68. The highest BCUT2D eigenvalue weighted by Crippen LogP contribution is 2.37. The maximum Gasteiger partial charge on any atom is 0.123 e. The second kappa shape index (κ2) is 7.07. The minimum absolute atomic E-state index is 0.307. The zero-order valence-electron chi connectivity index (χ0n) is 12.5. The number of nitrogens with two attached hydrogens (primary N) is 1. The lowest BCUT2D eigenvalue weighted by molar-refractivity contribution is 0.0744. The van der Waals surface area contributed by atoms with Crippen molar-refractivity contribution in [3.05, 3.63) is 29.8 Å². The SMILES string of the molecule is CC1CC1CN(C)CC(O)COc1ccccc1CN. The number of para-hydroxylation sites is 1. The summed E-state index contributed by atoms with van der Waals surface area (Å²) >= 11 is 0. The molecule has 1 aliphatic carbocycles. The van der Waals surface area contributed by atoms with E-state index in [1.165, 1.54) is 6.42 Å². The molecule has 20 heavy (non-hydrogen) atoms. The Hall–Kier alpha value is -1.10. The van der Waals surface area contributed by atoms with Crippen LogP contribution in [0.3, 0.4) is 0 Å². The predicted octanol–water partition coefficient (Wildman–Crippen LogP) is 1.47. The zero-order chi connectivity index (χ0) is 14.5. The van der Waals surface area contributed by atoms with E-state index in [0.29, 0.717) is 19.7 Å². The predicted molar refractivity (Wildman–Crippen MR) is 80.6 cm³/mol. The van der Waals surface area contributed by atoms with Crippen LogP contribution in [0.4, 0.5) is 0 Å². The van der Waals surface area contributed by atoms with Gasteiger partial charge in [0.15, 0.2) is 0 Å². The molecule has 0 spiro atoms. The zero-order valence-corrected chi connectivity index (χ0v) is 12.5. The van der Waals surface area contributed by atoms with Crippen LogP contribution in [0, 0.1) is 11.8 Å². The van der Waals surface area contributed by atoms with Crippen LogP contribution in [0.1, 0.15) is 18.9 Å². The second-order valence-corrected chi connectivity index (χ2v) is 5.97. The van der Waals surface area contributed by atoms with E-state index in [1.54, 1.807) is 0 Å². The van der Waals surface area contributed by atoms with Crippen LogP contribution >= 0.6 is 0 Å². The summed E-state index contributed by atoms with van der Waals surface area (Å²) in [4.78, 5) is 2.19. The number of aliphatic hydroxyl groups is 1. The molecule has 1 aromatic rings. The number of ether oxygens (including phenoxy) is 1. The molecular weight excluding hydrogens is 252 g/mol. The Morgan fingerprint density at radius 1 is 1.45 bits per heavy atom. The first-order chi connectivity index (χ1) is 9.60. The quantitative estimate of drug-likeness (QED) is 0.756. The fourth-order valence-electron chi connectivity index (χ4n) is 2.54. The second-order valence-electron chi connectivity index (χ2n) is 5.97. The van der Waals surface area contributed by atoms with Gasteiger partial charge in [-0.2, -0.15) is 0 Å². The van der Waals surface area contributed by atoms with Gasteiger partial charge in [0.25, 0.3) is 0 Å². The molecule has 1 aromatic carbocycles. The molecule has 3 unspecified atom stereocenters. The van der Waals surface area contributed by atoms with Gasteiger partial charge < -0.3 is 20.5 Å². The van der Waals surface area contributed by atoms with Gasteiger partial charge in [-0.15, -0.1) is 0 Å². The van der Waals surface area contributed by atoms with Crippen LogP contribution in [-0.2, 0) is 6.54 Å². The Labute approximate surface area is 121 Å². The van der Waals surface area contributed by atoms with Gasteiger partial charge in [-0.05, 0) is 31.4 Å². The molecule has 0 bridgehead atoms. The number of aliphatic hydroxyl groups excluding tert-OH is 1. The lowest BCUT2D eigenvalue weighted by Gasteiger charge is -2.21. The lowest BCUT2D eigenvalue weighted by Crippen LogP contribution is -2.34. The number of likely N-dealkylation sites (N-methyl/N-ethyl adjacent to an activating group) is 1. The van der Waals surface area contributed by atoms with Crippen LogP contribution in [0.25, 0.3) is 0 Å². The van der Waals surface area contributed by atoms with Gasteiger partial charge >= 0.3 is 0 Å². The van der Waals surface area contributed by atoms with Crippen molar-refractivity contribution in [2.45, 2.75) is 26.0 Å². The van der Waals surface area contributed by atoms with E-state index in [4.69, 9.17) is 10.5 Å². The molecule has 0 aromatic heterocycles. The molecule has 0 radical (unpaired) electrons. The van der Waals surface area contributed by atoms with E-state index in [1.807, 2.05) is 24.3 Å². The monoisotopic (exact) mass is 278 g/mol. The van der Waals surface area contributed by atoms with Crippen molar-refractivity contribution in [3.8, 4) is 5.75 Å². The Balaban J connectivity index is 1.72. The summed E-state index contributed by atoms with van der Waals surface area (Å²) in [7, 11) is 2.06. The molecule has 3 atom stereocenters. The molecule has 3 N–H and O–H groups in total. The number of benzene rings is 1. The third-order valence-electron chi connectivity index (χ3n) is 3.97. The fraction of sp³-hybridized carbons (Fsp3) is 0.625. The standard InChI is InChI=1S/C16H26N2O2/c1-12-7-14(12)9-18(2)10-15(19)11-20-16-6-4-3-5-13(16)8-17/h3-6,12,14-15,19H,7-11,17H2,1-2H3. The van der Waals surface area contributed by atoms with E-state index >= 15 is 0 Å². The maximum atomic E-state index is 10.0. The number of hydrogen-bond acceptors (Lipinski definition) is 4. The Bertz CT molecular complexity index is 425. The van der Waals surface area contributed by atoms with Gasteiger partial charge in [-0.1, -0.05) is 25.1 Å². The van der Waals surface area contributed by atoms with Gasteiger partial charge in [0.05, 0.1) is 0 Å². The van der Waals surface area contributed by atoms with Crippen molar-refractivity contribution in [1.29, 1.82) is 0 Å². The van der Waals surface area contributed by atoms with Gasteiger partial charge in [-0.3, -0.25) is 0 Å². The van der Waals surface area contributed by atoms with Crippen molar-refractivity contribution in [2.75, 3.05) is 26.7 Å². The third kappa shape index (κ3) is 4.47. The van der Waals surface area contributed by atoms with Crippen molar-refractivity contribution in [1.82, 2.24) is 4.90 Å². The highest BCUT2D eigenvalue weighted by atomic mass is 16.5. The summed E-state index contributed by atoms with van der Waals surface area (Å²) in [5, 5.41) is 10.0. The smallest absolute Gasteiger partial charge is 0.123 e. The summed E-state index contributed by atoms with van der Waals surface area (Å²) in [6, 6.07) is 7.70. The molecule has 1 saturated carbocycles. The Morgan fingerprint density at radius 3 is 2.80 bits per heavy atom. The van der Waals surface area contributed by atoms with Gasteiger partial charge in [0.1, 0.15) is 18.5 Å². The lowest BCUT2D eigenvalue weighted by atomic mass is 10.2. The van der Waals surface area contributed by atoms with Crippen LogP contribution in [0.5, 0.6) is 5.75 Å². The molecule has 1 aliphatic rings. The van der Waals surface area contributed by atoms with Crippen LogP contribution in [-0.4, -0.2) is 42.9 Å². The molecule has 112 valence electrons. The van der Waals surface area contributed by atoms with Crippen molar-refractivity contribution < 1.29 is 9.84 Å². The third-order valence-corrected chi connectivity index (χ3v) is 3.97. The minimum atomic E-state index is -0.472. The van der Waals surface area contributed by atoms with E-state index < -0.39 is 6.10 Å². The molecule has 4 nitrogen and oxygen atoms in total. The highest BCUT2D eigenvalue weighted by Gasteiger charge is 2.33. The summed E-state index contributed by atoms with van der Waals surface area (Å²) in [6.45, 7) is 4.75. The number of nitrogens with zero attached hydrogens (tertiary/aromatic N) is 1. The topological polar surface area (TPSA) is 58.7 Å². The van der Waals surface area contributed by atoms with E-state index in [2.05, 4.69) is 18.9 Å². The van der Waals surface area contributed by atoms with E-state index in [0.717, 1.165) is 29.7 Å². The summed E-state index contributed by atoms with van der Waals surface area (Å²) in [5.74, 6) is 2.43. The number of hydrogen-bond donors (Lipinski definition) is 2. The number of rotatable bonds is 8. The van der Waals surface area contributed by atoms with Gasteiger partial charge in [0.2, 0.25) is 0 Å². The van der Waals surface area contributed by atoms with Gasteiger partial charge in [-0.25, -0.2) is 0 Å². The summed E-state index contributed by atoms with van der Waals surface area (Å²) in [6.07, 6.45) is 0.848. The Kier molecular flexibility index (Phi) is 5.40. The van der Waals surface area contributed by atoms with Crippen molar-refractivity contribution in [2.24, 2.45) is 17.6 Å². The van der Waals surface area contributed by atoms with Crippen LogP contribution in [0.15, 0.2) is 24.3 Å². The first kappa shape index (κ1) is 15.3. The molecule has 0 heterocycles. The average molecular weight is 278 g/mol. The largest absolute Gasteiger partial charge is 0.491 e. The maximum absolute atomic E-state index is 10.0. The molecule has 0 amide bonds. The average Bonchev–Trinajstić information content (AvgIpc) is 3.11. The van der Waals surface area contributed by atoms with Crippen LogP contribution < -0.4 is 10.5 Å². The van der Waals surface area contributed by atoms with Crippen molar-refractivity contribution >= 4 is 0 Å². The van der Waals surface area contributed by atoms with Crippen LogP contribution in [0.2, 0.25) is 0 Å². The van der Waals surface area contributed by atoms with Crippen molar-refractivity contribution in [3.63, 3.8) is 0 Å². The minimum Gasteiger partial charge on any atom is -0.491 e. The van der Waals surface area contributed by atoms with E-state index in [-0.39, 0.29) is 0 Å². The first-order valence-corrected chi connectivity index (χ1v) is 7.37. The molecule has 1 fully saturated rings. The Morgan fingerprint density at radius 2 is 2.15 bits per heavy atom. The van der Waals surface area contributed by atoms with Gasteiger partial charge in [0, 0.05) is 25.2 Å². The molecule has 0 saturated heterocycles. The summed E-state index contributed by atoms with van der Waals surface area (Å²) in [5.41, 5.74) is 6.63. The molecule has 2 rings (SSSR count). The van der Waals surface area contributed by atoms with E-state index in [9.17, 15) is 5.11 Å². The molecule has 4 heteroatoms.